The van der Waals surface area contributed by atoms with Crippen LogP contribution in [0.5, 0.6) is 0 Å². The average molecular weight is 354 g/mol. The van der Waals surface area contributed by atoms with Crippen LogP contribution in [0.4, 0.5) is 0 Å². The zero-order valence-electron chi connectivity index (χ0n) is 14.1. The summed E-state index contributed by atoms with van der Waals surface area (Å²) < 4.78 is 24.9. The molecule has 0 saturated carbocycles. The molecule has 2 amide bonds. The van der Waals surface area contributed by atoms with Gasteiger partial charge in [0.05, 0.1) is 29.7 Å². The molecule has 0 spiro atoms. The average Bonchev–Trinajstić information content (AvgIpc) is 3.00. The lowest BCUT2D eigenvalue weighted by atomic mass is 9.92. The van der Waals surface area contributed by atoms with Crippen LogP contribution in [0.3, 0.4) is 0 Å². The fourth-order valence-corrected chi connectivity index (χ4v) is 4.69. The summed E-state index contributed by atoms with van der Waals surface area (Å²) in [5.74, 6) is -0.731. The second-order valence-corrected chi connectivity index (χ2v) is 8.85. The maximum absolute atomic E-state index is 12.9. The van der Waals surface area contributed by atoms with Gasteiger partial charge in [0.25, 0.3) is 0 Å². The van der Waals surface area contributed by atoms with Crippen molar-refractivity contribution in [3.05, 3.63) is 17.5 Å². The maximum Gasteiger partial charge on any atom is 0.228 e. The number of nitrogens with zero attached hydrogens (tertiary/aromatic N) is 4. The number of carbonyl (C=O) groups excluding carboxylic acids is 2. The highest BCUT2D eigenvalue weighted by atomic mass is 32.2. The van der Waals surface area contributed by atoms with Gasteiger partial charge in [0.2, 0.25) is 11.8 Å². The third-order valence-electron chi connectivity index (χ3n) is 5.15. The Labute approximate surface area is 141 Å². The molecule has 3 rings (SSSR count). The van der Waals surface area contributed by atoms with E-state index < -0.39 is 15.8 Å². The van der Waals surface area contributed by atoms with Crippen LogP contribution in [-0.4, -0.2) is 71.5 Å². The molecular formula is C15H22N4O4S. The molecule has 1 aromatic heterocycles. The van der Waals surface area contributed by atoms with Gasteiger partial charge in [-0.2, -0.15) is 5.10 Å². The van der Waals surface area contributed by atoms with E-state index in [-0.39, 0.29) is 48.9 Å². The second kappa shape index (κ2) is 5.87. The highest BCUT2D eigenvalue weighted by molar-refractivity contribution is 7.91. The largest absolute Gasteiger partial charge is 0.340 e. The van der Waals surface area contributed by atoms with Gasteiger partial charge >= 0.3 is 0 Å². The molecule has 0 radical (unpaired) electrons. The van der Waals surface area contributed by atoms with Crippen LogP contribution in [0, 0.1) is 12.8 Å². The molecule has 0 unspecified atom stereocenters. The van der Waals surface area contributed by atoms with Crippen LogP contribution >= 0.6 is 0 Å². The number of carbonyl (C=O) groups is 2. The highest BCUT2D eigenvalue weighted by Gasteiger charge is 2.45. The highest BCUT2D eigenvalue weighted by Crippen LogP contribution is 2.39. The van der Waals surface area contributed by atoms with Crippen molar-refractivity contribution in [3.8, 4) is 0 Å². The van der Waals surface area contributed by atoms with Gasteiger partial charge in [-0.25, -0.2) is 8.42 Å². The summed E-state index contributed by atoms with van der Waals surface area (Å²) in [5.41, 5.74) is 1.79. The summed E-state index contributed by atoms with van der Waals surface area (Å²) in [7, 11) is 0.475. The van der Waals surface area contributed by atoms with Gasteiger partial charge in [0.1, 0.15) is 0 Å². The molecule has 8 nitrogen and oxygen atoms in total. The van der Waals surface area contributed by atoms with Crippen molar-refractivity contribution < 1.29 is 18.0 Å². The van der Waals surface area contributed by atoms with Crippen LogP contribution in [0.2, 0.25) is 0 Å². The fraction of sp³-hybridized carbons (Fsp3) is 0.667. The molecule has 2 fully saturated rings. The van der Waals surface area contributed by atoms with Gasteiger partial charge in [-0.15, -0.1) is 0 Å². The number of hydrogen-bond acceptors (Lipinski definition) is 5. The van der Waals surface area contributed by atoms with Crippen molar-refractivity contribution in [3.63, 3.8) is 0 Å². The van der Waals surface area contributed by atoms with Gasteiger partial charge in [-0.1, -0.05) is 0 Å². The molecule has 132 valence electrons. The Balaban J connectivity index is 1.86. The van der Waals surface area contributed by atoms with Gasteiger partial charge < -0.3 is 9.80 Å². The second-order valence-electron chi connectivity index (χ2n) is 6.55. The third kappa shape index (κ3) is 2.81. The van der Waals surface area contributed by atoms with Crippen molar-refractivity contribution in [2.45, 2.75) is 19.4 Å². The van der Waals surface area contributed by atoms with Crippen LogP contribution < -0.4 is 0 Å². The first kappa shape index (κ1) is 16.9. The van der Waals surface area contributed by atoms with Gasteiger partial charge in [-0.05, 0) is 6.92 Å². The van der Waals surface area contributed by atoms with E-state index in [0.29, 0.717) is 0 Å². The third-order valence-corrected chi connectivity index (χ3v) is 6.76. The molecule has 0 aromatic carbocycles. The number of aromatic nitrogens is 2. The lowest BCUT2D eigenvalue weighted by Crippen LogP contribution is -2.47. The predicted octanol–water partition coefficient (Wildman–Crippen LogP) is -0.495. The van der Waals surface area contributed by atoms with E-state index in [9.17, 15) is 18.0 Å². The topological polar surface area (TPSA) is 92.6 Å². The first-order valence-electron chi connectivity index (χ1n) is 7.94. The normalized spacial score (nSPS) is 26.9. The molecule has 2 saturated heterocycles. The smallest absolute Gasteiger partial charge is 0.228 e. The van der Waals surface area contributed by atoms with Gasteiger partial charge in [0.15, 0.2) is 9.84 Å². The zero-order chi connectivity index (χ0) is 17.6. The van der Waals surface area contributed by atoms with Crippen molar-refractivity contribution in [2.75, 3.05) is 31.6 Å². The summed E-state index contributed by atoms with van der Waals surface area (Å²) in [6.45, 7) is 2.32. The van der Waals surface area contributed by atoms with Crippen LogP contribution in [0.25, 0.3) is 0 Å². The minimum absolute atomic E-state index is 0.00810. The van der Waals surface area contributed by atoms with E-state index in [1.807, 2.05) is 14.0 Å². The Bertz CT molecular complexity index is 771. The van der Waals surface area contributed by atoms with E-state index in [4.69, 9.17) is 0 Å². The molecule has 0 aliphatic carbocycles. The van der Waals surface area contributed by atoms with Crippen LogP contribution in [0.15, 0.2) is 6.20 Å². The fourth-order valence-electron chi connectivity index (χ4n) is 3.49. The Morgan fingerprint density at radius 3 is 2.42 bits per heavy atom. The number of sulfone groups is 1. The predicted molar refractivity (Wildman–Crippen MR) is 86.8 cm³/mol. The first-order valence-corrected chi connectivity index (χ1v) is 9.77. The molecule has 2 atom stereocenters. The van der Waals surface area contributed by atoms with E-state index in [1.54, 1.807) is 27.7 Å². The summed E-state index contributed by atoms with van der Waals surface area (Å²) in [6, 6.07) is -0.350. The SMILES string of the molecule is Cc1c([C@@H]2[C@@H](C(=O)N3CCS(=O)(=O)CC3)CC(=O)N2C)cnn1C. The Hall–Kier alpha value is -1.90. The van der Waals surface area contributed by atoms with Gasteiger partial charge in [0, 0.05) is 44.9 Å². The quantitative estimate of drug-likeness (QED) is 0.714. The maximum atomic E-state index is 12.9. The van der Waals surface area contributed by atoms with Gasteiger partial charge in [-0.3, -0.25) is 14.3 Å². The lowest BCUT2D eigenvalue weighted by molar-refractivity contribution is -0.136. The van der Waals surface area contributed by atoms with Crippen LogP contribution in [0.1, 0.15) is 23.7 Å². The Morgan fingerprint density at radius 1 is 1.25 bits per heavy atom. The minimum Gasteiger partial charge on any atom is -0.340 e. The molecular weight excluding hydrogens is 332 g/mol. The van der Waals surface area contributed by atoms with Crippen molar-refractivity contribution in [1.82, 2.24) is 19.6 Å². The van der Waals surface area contributed by atoms with Crippen molar-refractivity contribution in [2.24, 2.45) is 13.0 Å². The summed E-state index contributed by atoms with van der Waals surface area (Å²) in [4.78, 5) is 28.3. The summed E-state index contributed by atoms with van der Waals surface area (Å²) in [5, 5.41) is 4.22. The monoisotopic (exact) mass is 354 g/mol. The lowest BCUT2D eigenvalue weighted by Gasteiger charge is -2.31. The minimum atomic E-state index is -3.05. The molecule has 0 N–H and O–H groups in total. The number of rotatable bonds is 2. The summed E-state index contributed by atoms with van der Waals surface area (Å²) in [6.07, 6.45) is 1.85. The number of likely N-dealkylation sites (tertiary alicyclic amines) is 1. The van der Waals surface area contributed by atoms with E-state index in [2.05, 4.69) is 5.10 Å². The van der Waals surface area contributed by atoms with E-state index in [1.165, 1.54) is 0 Å². The Morgan fingerprint density at radius 2 is 1.88 bits per heavy atom. The van der Waals surface area contributed by atoms with Crippen molar-refractivity contribution >= 4 is 21.7 Å². The standard InChI is InChI=1S/C15H22N4O4S/c1-10-12(9-16-18(10)3)14-11(8-13(20)17(14)2)15(21)19-4-6-24(22,23)7-5-19/h9,11,14H,4-8H2,1-3H3/t11-,14-/m0/s1. The van der Waals surface area contributed by atoms with Crippen molar-refractivity contribution in [1.29, 1.82) is 0 Å². The molecule has 2 aliphatic heterocycles. The molecule has 24 heavy (non-hydrogen) atoms. The Kier molecular flexibility index (Phi) is 4.15. The number of aryl methyl sites for hydroxylation is 1. The zero-order valence-corrected chi connectivity index (χ0v) is 14.9. The molecule has 9 heteroatoms. The molecule has 1 aromatic rings. The van der Waals surface area contributed by atoms with Crippen LogP contribution in [-0.2, 0) is 26.5 Å². The van der Waals surface area contributed by atoms with E-state index in [0.717, 1.165) is 11.3 Å². The first-order chi connectivity index (χ1) is 11.2. The number of amides is 2. The molecule has 3 heterocycles. The molecule has 2 aliphatic rings. The summed E-state index contributed by atoms with van der Waals surface area (Å²) >= 11 is 0. The number of hydrogen-bond donors (Lipinski definition) is 0. The van der Waals surface area contributed by atoms with E-state index >= 15 is 0 Å². The molecule has 0 bridgehead atoms.